The van der Waals surface area contributed by atoms with Crippen LogP contribution < -0.4 is 10.1 Å². The van der Waals surface area contributed by atoms with E-state index in [0.29, 0.717) is 6.54 Å². The monoisotopic (exact) mass is 261 g/mol. The number of ether oxygens (including phenoxy) is 1. The maximum atomic E-state index is 11.9. The lowest BCUT2D eigenvalue weighted by atomic mass is 10.1. The van der Waals surface area contributed by atoms with Crippen molar-refractivity contribution in [3.8, 4) is 5.75 Å². The zero-order valence-corrected chi connectivity index (χ0v) is 10.6. The second-order valence-electron chi connectivity index (χ2n) is 4.17. The van der Waals surface area contributed by atoms with Crippen molar-refractivity contribution in [3.05, 3.63) is 29.8 Å². The van der Waals surface area contributed by atoms with Crippen molar-refractivity contribution in [2.24, 2.45) is 0 Å². The summed E-state index contributed by atoms with van der Waals surface area (Å²) in [4.78, 5) is 0. The Labute approximate surface area is 105 Å². The molecule has 1 aromatic rings. The normalized spacial score (nSPS) is 13.4. The molecule has 1 rings (SSSR count). The molecule has 0 aliphatic heterocycles. The Morgan fingerprint density at radius 2 is 1.83 bits per heavy atom. The molecule has 102 valence electrons. The van der Waals surface area contributed by atoms with Crippen LogP contribution in [0.4, 0.5) is 13.2 Å². The average Bonchev–Trinajstić information content (AvgIpc) is 2.33. The molecule has 1 aromatic carbocycles. The molecule has 0 bridgehead atoms. The summed E-state index contributed by atoms with van der Waals surface area (Å²) in [6.07, 6.45) is -4.70. The molecule has 0 aromatic heterocycles. The van der Waals surface area contributed by atoms with Crippen LogP contribution in [-0.2, 0) is 0 Å². The zero-order valence-electron chi connectivity index (χ0n) is 10.6. The summed E-state index contributed by atoms with van der Waals surface area (Å²) in [5.41, 5.74) is 1.03. The molecular formula is C13H18F3NO. The summed E-state index contributed by atoms with van der Waals surface area (Å²) >= 11 is 0. The second kappa shape index (κ2) is 6.64. The fourth-order valence-corrected chi connectivity index (χ4v) is 1.62. The maximum Gasteiger partial charge on any atom is 0.389 e. The summed E-state index contributed by atoms with van der Waals surface area (Å²) in [6, 6.07) is 7.51. The number of benzene rings is 1. The summed E-state index contributed by atoms with van der Waals surface area (Å²) < 4.78 is 40.9. The van der Waals surface area contributed by atoms with Gasteiger partial charge in [0.2, 0.25) is 0 Å². The summed E-state index contributed by atoms with van der Waals surface area (Å²) in [5, 5.41) is 3.07. The largest absolute Gasteiger partial charge is 0.497 e. The average molecular weight is 261 g/mol. The third-order valence-corrected chi connectivity index (χ3v) is 2.70. The predicted octanol–water partition coefficient (Wildman–Crippen LogP) is 3.69. The number of methoxy groups -OCH3 is 1. The van der Waals surface area contributed by atoms with E-state index in [0.717, 1.165) is 11.3 Å². The lowest BCUT2D eigenvalue weighted by molar-refractivity contribution is -0.135. The van der Waals surface area contributed by atoms with Crippen LogP contribution >= 0.6 is 0 Å². The second-order valence-corrected chi connectivity index (χ2v) is 4.17. The topological polar surface area (TPSA) is 21.3 Å². The van der Waals surface area contributed by atoms with E-state index >= 15 is 0 Å². The highest BCUT2D eigenvalue weighted by atomic mass is 19.4. The Kier molecular flexibility index (Phi) is 5.47. The van der Waals surface area contributed by atoms with E-state index in [9.17, 15) is 13.2 Å². The van der Waals surface area contributed by atoms with E-state index in [4.69, 9.17) is 4.74 Å². The van der Waals surface area contributed by atoms with Gasteiger partial charge in [0, 0.05) is 12.5 Å². The minimum absolute atomic E-state index is 0.0316. The van der Waals surface area contributed by atoms with Crippen molar-refractivity contribution in [2.75, 3.05) is 13.7 Å². The van der Waals surface area contributed by atoms with E-state index in [1.54, 1.807) is 7.11 Å². The number of hydrogen-bond acceptors (Lipinski definition) is 2. The summed E-state index contributed by atoms with van der Waals surface area (Å²) in [5.74, 6) is 0.767. The Hall–Kier alpha value is -1.23. The number of halogens is 3. The molecule has 0 aliphatic rings. The smallest absolute Gasteiger partial charge is 0.389 e. The molecule has 0 heterocycles. The first-order chi connectivity index (χ1) is 8.42. The molecule has 5 heteroatoms. The highest BCUT2D eigenvalue weighted by Gasteiger charge is 2.25. The molecule has 0 radical (unpaired) electrons. The summed E-state index contributed by atoms with van der Waals surface area (Å²) in [6.45, 7) is 2.28. The third-order valence-electron chi connectivity index (χ3n) is 2.70. The quantitative estimate of drug-likeness (QED) is 0.788. The minimum atomic E-state index is -4.06. The fraction of sp³-hybridized carbons (Fsp3) is 0.538. The van der Waals surface area contributed by atoms with E-state index in [1.807, 2.05) is 31.2 Å². The van der Waals surface area contributed by atoms with Gasteiger partial charge in [-0.25, -0.2) is 0 Å². The van der Waals surface area contributed by atoms with Crippen molar-refractivity contribution in [1.29, 1.82) is 0 Å². The van der Waals surface area contributed by atoms with Crippen molar-refractivity contribution >= 4 is 0 Å². The Balaban J connectivity index is 2.33. The van der Waals surface area contributed by atoms with Gasteiger partial charge < -0.3 is 10.1 Å². The first-order valence-corrected chi connectivity index (χ1v) is 5.86. The van der Waals surface area contributed by atoms with Gasteiger partial charge in [0.25, 0.3) is 0 Å². The van der Waals surface area contributed by atoms with Gasteiger partial charge in [-0.15, -0.1) is 0 Å². The van der Waals surface area contributed by atoms with Crippen molar-refractivity contribution < 1.29 is 17.9 Å². The molecular weight excluding hydrogens is 243 g/mol. The van der Waals surface area contributed by atoms with Crippen LogP contribution in [0.5, 0.6) is 5.75 Å². The van der Waals surface area contributed by atoms with Gasteiger partial charge in [0.05, 0.1) is 7.11 Å². The van der Waals surface area contributed by atoms with Crippen molar-refractivity contribution in [2.45, 2.75) is 32.0 Å². The molecule has 2 nitrogen and oxygen atoms in total. The highest BCUT2D eigenvalue weighted by molar-refractivity contribution is 5.28. The van der Waals surface area contributed by atoms with E-state index in [-0.39, 0.29) is 12.5 Å². The lowest BCUT2D eigenvalue weighted by Gasteiger charge is -2.15. The van der Waals surface area contributed by atoms with Gasteiger partial charge in [-0.1, -0.05) is 12.1 Å². The maximum absolute atomic E-state index is 11.9. The Bertz CT molecular complexity index is 348. The molecule has 0 unspecified atom stereocenters. The van der Waals surface area contributed by atoms with Crippen LogP contribution in [0.25, 0.3) is 0 Å². The van der Waals surface area contributed by atoms with Crippen molar-refractivity contribution in [3.63, 3.8) is 0 Å². The van der Waals surface area contributed by atoms with Crippen LogP contribution in [0.2, 0.25) is 0 Å². The van der Waals surface area contributed by atoms with Gasteiger partial charge in [-0.05, 0) is 37.6 Å². The van der Waals surface area contributed by atoms with Crippen LogP contribution in [0.1, 0.15) is 31.4 Å². The number of nitrogens with one attached hydrogen (secondary N) is 1. The molecule has 0 saturated carbocycles. The summed E-state index contributed by atoms with van der Waals surface area (Å²) in [7, 11) is 1.59. The fourth-order valence-electron chi connectivity index (χ4n) is 1.62. The van der Waals surface area contributed by atoms with Crippen LogP contribution in [0.3, 0.4) is 0 Å². The van der Waals surface area contributed by atoms with E-state index < -0.39 is 12.6 Å². The van der Waals surface area contributed by atoms with Crippen LogP contribution in [0, 0.1) is 0 Å². The molecule has 1 atom stereocenters. The Morgan fingerprint density at radius 3 is 2.33 bits per heavy atom. The Morgan fingerprint density at radius 1 is 1.22 bits per heavy atom. The zero-order chi connectivity index (χ0) is 13.6. The minimum Gasteiger partial charge on any atom is -0.497 e. The first kappa shape index (κ1) is 14.8. The molecule has 0 saturated heterocycles. The SMILES string of the molecule is COc1ccc([C@H](C)NCCCC(F)(F)F)cc1. The molecule has 18 heavy (non-hydrogen) atoms. The first-order valence-electron chi connectivity index (χ1n) is 5.86. The molecule has 0 spiro atoms. The number of alkyl halides is 3. The molecule has 0 fully saturated rings. The molecule has 0 amide bonds. The van der Waals surface area contributed by atoms with Crippen LogP contribution in [0.15, 0.2) is 24.3 Å². The van der Waals surface area contributed by atoms with Gasteiger partial charge in [-0.3, -0.25) is 0 Å². The van der Waals surface area contributed by atoms with Gasteiger partial charge >= 0.3 is 6.18 Å². The standard InChI is InChI=1S/C13H18F3NO/c1-10(17-9-3-8-13(14,15)16)11-4-6-12(18-2)7-5-11/h4-7,10,17H,3,8-9H2,1-2H3/t10-/m0/s1. The van der Waals surface area contributed by atoms with Gasteiger partial charge in [0.15, 0.2) is 0 Å². The number of rotatable bonds is 6. The van der Waals surface area contributed by atoms with E-state index in [2.05, 4.69) is 5.32 Å². The predicted molar refractivity (Wildman–Crippen MR) is 64.7 cm³/mol. The third kappa shape index (κ3) is 5.40. The van der Waals surface area contributed by atoms with Gasteiger partial charge in [0.1, 0.15) is 5.75 Å². The lowest BCUT2D eigenvalue weighted by Crippen LogP contribution is -2.21. The van der Waals surface area contributed by atoms with Crippen LogP contribution in [-0.4, -0.2) is 19.8 Å². The number of hydrogen-bond donors (Lipinski definition) is 1. The molecule has 0 aliphatic carbocycles. The highest BCUT2D eigenvalue weighted by Crippen LogP contribution is 2.21. The van der Waals surface area contributed by atoms with Crippen molar-refractivity contribution in [1.82, 2.24) is 5.32 Å². The van der Waals surface area contributed by atoms with E-state index in [1.165, 1.54) is 0 Å². The molecule has 1 N–H and O–H groups in total. The van der Waals surface area contributed by atoms with Gasteiger partial charge in [-0.2, -0.15) is 13.2 Å².